The van der Waals surface area contributed by atoms with Gasteiger partial charge in [0, 0.05) is 32.1 Å². The number of rotatable bonds is 10. The molecule has 6 nitrogen and oxygen atoms in total. The normalized spacial score (nSPS) is 17.6. The van der Waals surface area contributed by atoms with E-state index >= 15 is 0 Å². The molecule has 2 atom stereocenters. The maximum absolute atomic E-state index is 12.8. The van der Waals surface area contributed by atoms with Gasteiger partial charge in [-0.1, -0.05) is 41.9 Å². The van der Waals surface area contributed by atoms with Gasteiger partial charge in [-0.05, 0) is 59.9 Å². The fourth-order valence-corrected chi connectivity index (χ4v) is 5.09. The third-order valence-corrected chi connectivity index (χ3v) is 7.20. The lowest BCUT2D eigenvalue weighted by atomic mass is 9.89. The van der Waals surface area contributed by atoms with E-state index in [9.17, 15) is 4.79 Å². The van der Waals surface area contributed by atoms with Crippen LogP contribution in [0.25, 0.3) is 0 Å². The molecule has 0 saturated carbocycles. The quantitative estimate of drug-likeness (QED) is 0.415. The Bertz CT molecular complexity index is 1170. The third kappa shape index (κ3) is 6.12. The Balaban J connectivity index is 1.45. The molecule has 1 aliphatic heterocycles. The largest absolute Gasteiger partial charge is 0.497 e. The summed E-state index contributed by atoms with van der Waals surface area (Å²) >= 11 is 6.23. The summed E-state index contributed by atoms with van der Waals surface area (Å²) in [7, 11) is 4.97. The molecule has 1 aliphatic rings. The summed E-state index contributed by atoms with van der Waals surface area (Å²) < 4.78 is 16.2. The zero-order valence-electron chi connectivity index (χ0n) is 21.0. The van der Waals surface area contributed by atoms with Crippen LogP contribution < -0.4 is 19.5 Å². The predicted molar refractivity (Wildman–Crippen MR) is 143 cm³/mol. The number of carbonyl (C=O) groups excluding carboxylic acids is 1. The topological polar surface area (TPSA) is 60.0 Å². The van der Waals surface area contributed by atoms with Gasteiger partial charge in [0.25, 0.3) is 5.91 Å². The molecular formula is C29H33ClN2O4. The number of hydrogen-bond donors (Lipinski definition) is 1. The fourth-order valence-electron chi connectivity index (χ4n) is 4.87. The molecule has 0 unspecified atom stereocenters. The molecular weight excluding hydrogens is 476 g/mol. The molecule has 3 aromatic carbocycles. The van der Waals surface area contributed by atoms with Gasteiger partial charge in [-0.15, -0.1) is 0 Å². The number of amides is 1. The Hall–Kier alpha value is -3.22. The second-order valence-corrected chi connectivity index (χ2v) is 9.44. The lowest BCUT2D eigenvalue weighted by Gasteiger charge is -2.20. The third-order valence-electron chi connectivity index (χ3n) is 6.87. The van der Waals surface area contributed by atoms with Crippen LogP contribution in [0, 0.1) is 5.92 Å². The van der Waals surface area contributed by atoms with Crippen LogP contribution >= 0.6 is 11.6 Å². The van der Waals surface area contributed by atoms with Gasteiger partial charge in [-0.2, -0.15) is 0 Å². The highest BCUT2D eigenvalue weighted by molar-refractivity contribution is 6.33. The minimum absolute atomic E-state index is 0.141. The van der Waals surface area contributed by atoms with Gasteiger partial charge in [0.1, 0.15) is 5.75 Å². The van der Waals surface area contributed by atoms with Crippen molar-refractivity contribution in [2.75, 3.05) is 47.5 Å². The SMILES string of the molecule is COc1ccc([C@H]2CN(CCc3ccc(OC)c(OC)c3)C[C@@H]2CNC(=O)c2ccccc2Cl)cc1. The molecule has 4 rings (SSSR count). The molecule has 0 radical (unpaired) electrons. The maximum Gasteiger partial charge on any atom is 0.252 e. The maximum atomic E-state index is 12.8. The first-order valence-corrected chi connectivity index (χ1v) is 12.5. The Labute approximate surface area is 218 Å². The highest BCUT2D eigenvalue weighted by atomic mass is 35.5. The van der Waals surface area contributed by atoms with Crippen molar-refractivity contribution in [3.05, 3.63) is 88.4 Å². The van der Waals surface area contributed by atoms with Crippen LogP contribution in [0.1, 0.15) is 27.4 Å². The molecule has 0 aliphatic carbocycles. The van der Waals surface area contributed by atoms with E-state index in [1.165, 1.54) is 11.1 Å². The number of likely N-dealkylation sites (tertiary alicyclic amines) is 1. The van der Waals surface area contributed by atoms with Crippen LogP contribution in [0.3, 0.4) is 0 Å². The molecule has 0 spiro atoms. The molecule has 190 valence electrons. The minimum atomic E-state index is -0.141. The van der Waals surface area contributed by atoms with E-state index in [1.807, 2.05) is 36.4 Å². The summed E-state index contributed by atoms with van der Waals surface area (Å²) in [6.07, 6.45) is 0.897. The standard InChI is InChI=1S/C29H33ClN2O4/c1-34-23-11-9-21(10-12-23)25-19-32(15-14-20-8-13-27(35-2)28(16-20)36-3)18-22(25)17-31-29(33)24-6-4-5-7-26(24)30/h4-13,16,22,25H,14-15,17-19H2,1-3H3,(H,31,33)/t22-,25+/m0/s1. The number of hydrogen-bond acceptors (Lipinski definition) is 5. The van der Waals surface area contributed by atoms with Crippen LogP contribution in [0.2, 0.25) is 5.02 Å². The number of carbonyl (C=O) groups is 1. The van der Waals surface area contributed by atoms with Crippen molar-refractivity contribution in [1.29, 1.82) is 0 Å². The van der Waals surface area contributed by atoms with Gasteiger partial charge in [0.15, 0.2) is 11.5 Å². The summed E-state index contributed by atoms with van der Waals surface area (Å²) in [6.45, 7) is 3.31. The Morgan fingerprint density at radius 2 is 1.69 bits per heavy atom. The van der Waals surface area contributed by atoms with Gasteiger partial charge in [0.05, 0.1) is 31.9 Å². The lowest BCUT2D eigenvalue weighted by Crippen LogP contribution is -2.32. The van der Waals surface area contributed by atoms with Gasteiger partial charge >= 0.3 is 0 Å². The van der Waals surface area contributed by atoms with E-state index in [0.29, 0.717) is 23.0 Å². The molecule has 7 heteroatoms. The second-order valence-electron chi connectivity index (χ2n) is 9.03. The minimum Gasteiger partial charge on any atom is -0.497 e. The van der Waals surface area contributed by atoms with Crippen LogP contribution in [0.15, 0.2) is 66.7 Å². The second kappa shape index (κ2) is 12.2. The van der Waals surface area contributed by atoms with E-state index in [2.05, 4.69) is 28.4 Å². The van der Waals surface area contributed by atoms with Crippen LogP contribution in [0.4, 0.5) is 0 Å². The van der Waals surface area contributed by atoms with Gasteiger partial charge in [0.2, 0.25) is 0 Å². The van der Waals surface area contributed by atoms with Gasteiger partial charge in [-0.25, -0.2) is 0 Å². The summed E-state index contributed by atoms with van der Waals surface area (Å²) in [5, 5.41) is 3.58. The zero-order chi connectivity index (χ0) is 25.5. The van der Waals surface area contributed by atoms with Crippen molar-refractivity contribution in [2.24, 2.45) is 5.92 Å². The Kier molecular flexibility index (Phi) is 8.73. The van der Waals surface area contributed by atoms with Crippen LogP contribution in [-0.2, 0) is 6.42 Å². The first-order valence-electron chi connectivity index (χ1n) is 12.1. The first-order chi connectivity index (χ1) is 17.5. The monoisotopic (exact) mass is 508 g/mol. The zero-order valence-corrected chi connectivity index (χ0v) is 21.8. The summed E-state index contributed by atoms with van der Waals surface area (Å²) in [5.74, 6) is 2.75. The van der Waals surface area contributed by atoms with Gasteiger partial charge in [-0.3, -0.25) is 4.79 Å². The molecule has 1 fully saturated rings. The Morgan fingerprint density at radius 1 is 0.944 bits per heavy atom. The summed E-state index contributed by atoms with van der Waals surface area (Å²) in [4.78, 5) is 15.3. The van der Waals surface area contributed by atoms with Crippen molar-refractivity contribution < 1.29 is 19.0 Å². The van der Waals surface area contributed by atoms with E-state index < -0.39 is 0 Å². The van der Waals surface area contributed by atoms with Crippen molar-refractivity contribution in [3.8, 4) is 17.2 Å². The molecule has 36 heavy (non-hydrogen) atoms. The predicted octanol–water partition coefficient (Wildman–Crippen LogP) is 5.05. The molecule has 1 amide bonds. The van der Waals surface area contributed by atoms with Gasteiger partial charge < -0.3 is 24.4 Å². The number of benzene rings is 3. The lowest BCUT2D eigenvalue weighted by molar-refractivity contribution is 0.0946. The number of halogens is 1. The van der Waals surface area contributed by atoms with E-state index in [-0.39, 0.29) is 11.8 Å². The van der Waals surface area contributed by atoms with E-state index in [0.717, 1.165) is 43.3 Å². The molecule has 1 N–H and O–H groups in total. The van der Waals surface area contributed by atoms with Crippen molar-refractivity contribution in [2.45, 2.75) is 12.3 Å². The molecule has 0 aromatic heterocycles. The number of nitrogens with zero attached hydrogens (tertiary/aromatic N) is 1. The number of methoxy groups -OCH3 is 3. The Morgan fingerprint density at radius 3 is 2.39 bits per heavy atom. The molecule has 1 heterocycles. The number of nitrogens with one attached hydrogen (secondary N) is 1. The smallest absolute Gasteiger partial charge is 0.252 e. The van der Waals surface area contributed by atoms with E-state index in [1.54, 1.807) is 33.5 Å². The van der Waals surface area contributed by atoms with Crippen molar-refractivity contribution >= 4 is 17.5 Å². The highest BCUT2D eigenvalue weighted by Gasteiger charge is 2.34. The van der Waals surface area contributed by atoms with Crippen LogP contribution in [-0.4, -0.2) is 58.3 Å². The molecule has 1 saturated heterocycles. The van der Waals surface area contributed by atoms with Crippen LogP contribution in [0.5, 0.6) is 17.2 Å². The average molecular weight is 509 g/mol. The average Bonchev–Trinajstić information content (AvgIpc) is 3.33. The van der Waals surface area contributed by atoms with E-state index in [4.69, 9.17) is 25.8 Å². The first kappa shape index (κ1) is 25.9. The highest BCUT2D eigenvalue weighted by Crippen LogP contribution is 2.34. The fraction of sp³-hybridized carbons (Fsp3) is 0.345. The molecule has 0 bridgehead atoms. The van der Waals surface area contributed by atoms with Crippen molar-refractivity contribution in [1.82, 2.24) is 10.2 Å². The molecule has 3 aromatic rings. The summed E-state index contributed by atoms with van der Waals surface area (Å²) in [6, 6.07) is 21.5. The summed E-state index contributed by atoms with van der Waals surface area (Å²) in [5.41, 5.74) is 2.95. The van der Waals surface area contributed by atoms with Crippen molar-refractivity contribution in [3.63, 3.8) is 0 Å². The number of ether oxygens (including phenoxy) is 3.